The summed E-state index contributed by atoms with van der Waals surface area (Å²) in [7, 11) is -2.32. The van der Waals surface area contributed by atoms with Crippen LogP contribution in [0.4, 0.5) is 10.1 Å². The summed E-state index contributed by atoms with van der Waals surface area (Å²) in [4.78, 5) is 14.0. The molecule has 0 fully saturated rings. The minimum Gasteiger partial charge on any atom is -0.464 e. The van der Waals surface area contributed by atoms with E-state index in [1.165, 1.54) is 35.2 Å². The molecule has 0 atom stereocenters. The number of sulfonamides is 1. The number of nitrogens with one attached hydrogen (secondary N) is 1. The molecule has 1 heterocycles. The highest BCUT2D eigenvalue weighted by molar-refractivity contribution is 7.92. The summed E-state index contributed by atoms with van der Waals surface area (Å²) in [5.74, 6) is 0.573. The first-order valence-electron chi connectivity index (χ1n) is 8.44. The lowest BCUT2D eigenvalue weighted by Gasteiger charge is -2.16. The van der Waals surface area contributed by atoms with Crippen LogP contribution in [0.1, 0.15) is 21.9 Å². The van der Waals surface area contributed by atoms with Crippen LogP contribution in [-0.4, -0.2) is 26.3 Å². The number of anilines is 1. The fraction of sp³-hybridized carbons (Fsp3) is 0.150. The smallest absolute Gasteiger partial charge is 0.261 e. The van der Waals surface area contributed by atoms with Gasteiger partial charge in [0.15, 0.2) is 0 Å². The quantitative estimate of drug-likeness (QED) is 0.680. The van der Waals surface area contributed by atoms with Crippen LogP contribution >= 0.6 is 0 Å². The molecule has 3 rings (SSSR count). The molecule has 3 aromatic rings. The molecule has 0 unspecified atom stereocenters. The highest BCUT2D eigenvalue weighted by Gasteiger charge is 2.19. The summed E-state index contributed by atoms with van der Waals surface area (Å²) in [6.07, 6.45) is 0. The Labute approximate surface area is 162 Å². The van der Waals surface area contributed by atoms with Crippen LogP contribution in [0.25, 0.3) is 0 Å². The van der Waals surface area contributed by atoms with Gasteiger partial charge in [-0.25, -0.2) is 12.8 Å². The summed E-state index contributed by atoms with van der Waals surface area (Å²) in [6, 6.07) is 14.3. The minimum absolute atomic E-state index is 0.0649. The largest absolute Gasteiger partial charge is 0.464 e. The zero-order valence-electron chi connectivity index (χ0n) is 15.3. The maximum absolute atomic E-state index is 13.0. The molecule has 1 N–H and O–H groups in total. The molecule has 0 aliphatic rings. The van der Waals surface area contributed by atoms with Crippen molar-refractivity contribution in [3.05, 3.63) is 83.6 Å². The van der Waals surface area contributed by atoms with E-state index < -0.39 is 15.8 Å². The van der Waals surface area contributed by atoms with Gasteiger partial charge in [0.05, 0.1) is 11.4 Å². The Balaban J connectivity index is 1.78. The fourth-order valence-corrected chi connectivity index (χ4v) is 3.73. The Morgan fingerprint density at radius 1 is 1.11 bits per heavy atom. The topological polar surface area (TPSA) is 79.6 Å². The number of carbonyl (C=O) groups excluding carboxylic acids is 1. The molecular formula is C20H19FN2O4S. The summed E-state index contributed by atoms with van der Waals surface area (Å²) >= 11 is 0. The molecular weight excluding hydrogens is 383 g/mol. The highest BCUT2D eigenvalue weighted by atomic mass is 32.2. The van der Waals surface area contributed by atoms with Crippen molar-refractivity contribution in [2.45, 2.75) is 18.4 Å². The van der Waals surface area contributed by atoms with E-state index in [9.17, 15) is 17.6 Å². The molecule has 0 aliphatic heterocycles. The maximum Gasteiger partial charge on any atom is 0.261 e. The Hall–Kier alpha value is -3.13. The SMILES string of the molecule is Cc1ccc(CN(C)C(=O)c2cccc(S(=O)(=O)Nc3ccc(F)cc3)c2)o1. The summed E-state index contributed by atoms with van der Waals surface area (Å²) in [5.41, 5.74) is 0.455. The molecule has 0 bridgehead atoms. The van der Waals surface area contributed by atoms with E-state index in [1.54, 1.807) is 19.2 Å². The van der Waals surface area contributed by atoms with Crippen molar-refractivity contribution >= 4 is 21.6 Å². The molecule has 0 saturated carbocycles. The van der Waals surface area contributed by atoms with Crippen LogP contribution in [0.3, 0.4) is 0 Å². The number of carbonyl (C=O) groups is 1. The number of nitrogens with zero attached hydrogens (tertiary/aromatic N) is 1. The van der Waals surface area contributed by atoms with Crippen molar-refractivity contribution in [1.29, 1.82) is 0 Å². The molecule has 2 aromatic carbocycles. The van der Waals surface area contributed by atoms with Crippen molar-refractivity contribution in [2.75, 3.05) is 11.8 Å². The van der Waals surface area contributed by atoms with Crippen LogP contribution in [0.15, 0.2) is 70.0 Å². The van der Waals surface area contributed by atoms with E-state index in [1.807, 2.05) is 13.0 Å². The number of benzene rings is 2. The van der Waals surface area contributed by atoms with Gasteiger partial charge in [-0.3, -0.25) is 9.52 Å². The van der Waals surface area contributed by atoms with Crippen LogP contribution in [0.2, 0.25) is 0 Å². The highest BCUT2D eigenvalue weighted by Crippen LogP contribution is 2.19. The molecule has 0 saturated heterocycles. The first-order chi connectivity index (χ1) is 13.2. The summed E-state index contributed by atoms with van der Waals surface area (Å²) in [6.45, 7) is 2.07. The van der Waals surface area contributed by atoms with E-state index in [-0.39, 0.29) is 28.6 Å². The van der Waals surface area contributed by atoms with Gasteiger partial charge in [0.2, 0.25) is 0 Å². The lowest BCUT2D eigenvalue weighted by Crippen LogP contribution is -2.26. The number of amides is 1. The van der Waals surface area contributed by atoms with Gasteiger partial charge in [-0.15, -0.1) is 0 Å². The molecule has 6 nitrogen and oxygen atoms in total. The Morgan fingerprint density at radius 3 is 2.46 bits per heavy atom. The lowest BCUT2D eigenvalue weighted by atomic mass is 10.2. The van der Waals surface area contributed by atoms with Crippen molar-refractivity contribution < 1.29 is 22.0 Å². The van der Waals surface area contributed by atoms with Gasteiger partial charge in [-0.2, -0.15) is 0 Å². The molecule has 1 amide bonds. The zero-order chi connectivity index (χ0) is 20.3. The van der Waals surface area contributed by atoms with Crippen molar-refractivity contribution in [3.63, 3.8) is 0 Å². The maximum atomic E-state index is 13.0. The van der Waals surface area contributed by atoms with Gasteiger partial charge >= 0.3 is 0 Å². The normalized spacial score (nSPS) is 11.2. The van der Waals surface area contributed by atoms with E-state index >= 15 is 0 Å². The summed E-state index contributed by atoms with van der Waals surface area (Å²) in [5, 5.41) is 0. The van der Waals surface area contributed by atoms with Gasteiger partial charge in [0, 0.05) is 18.3 Å². The fourth-order valence-electron chi connectivity index (χ4n) is 2.62. The van der Waals surface area contributed by atoms with Crippen molar-refractivity contribution in [3.8, 4) is 0 Å². The second-order valence-electron chi connectivity index (χ2n) is 6.31. The zero-order valence-corrected chi connectivity index (χ0v) is 16.2. The monoisotopic (exact) mass is 402 g/mol. The molecule has 1 aromatic heterocycles. The number of furan rings is 1. The van der Waals surface area contributed by atoms with Crippen molar-refractivity contribution in [2.24, 2.45) is 0 Å². The standard InChI is InChI=1S/C20H19FN2O4S/c1-14-6-11-18(27-14)13-23(2)20(24)15-4-3-5-19(12-15)28(25,26)22-17-9-7-16(21)8-10-17/h3-12,22H,13H2,1-2H3. The first kappa shape index (κ1) is 19.6. The predicted molar refractivity (Wildman–Crippen MR) is 103 cm³/mol. The summed E-state index contributed by atoms with van der Waals surface area (Å²) < 4.78 is 46.0. The predicted octanol–water partition coefficient (Wildman–Crippen LogP) is 3.80. The Bertz CT molecular complexity index is 1090. The third-order valence-corrected chi connectivity index (χ3v) is 5.40. The number of aryl methyl sites for hydroxylation is 1. The van der Waals surface area contributed by atoms with E-state index in [4.69, 9.17) is 4.42 Å². The Morgan fingerprint density at radius 2 is 1.82 bits per heavy atom. The van der Waals surface area contributed by atoms with Crippen LogP contribution in [0.5, 0.6) is 0 Å². The molecule has 28 heavy (non-hydrogen) atoms. The second-order valence-corrected chi connectivity index (χ2v) is 8.00. The van der Waals surface area contributed by atoms with Gasteiger partial charge < -0.3 is 9.32 Å². The van der Waals surface area contributed by atoms with Crippen LogP contribution in [-0.2, 0) is 16.6 Å². The number of halogens is 1. The third kappa shape index (κ3) is 4.58. The number of hydrogen-bond acceptors (Lipinski definition) is 4. The average Bonchev–Trinajstić information content (AvgIpc) is 3.07. The van der Waals surface area contributed by atoms with Crippen LogP contribution < -0.4 is 4.72 Å². The third-order valence-electron chi connectivity index (χ3n) is 4.02. The van der Waals surface area contributed by atoms with E-state index in [0.29, 0.717) is 5.76 Å². The van der Waals surface area contributed by atoms with E-state index in [0.717, 1.165) is 17.9 Å². The molecule has 0 aliphatic carbocycles. The van der Waals surface area contributed by atoms with E-state index in [2.05, 4.69) is 4.72 Å². The van der Waals surface area contributed by atoms with Gasteiger partial charge in [0.25, 0.3) is 15.9 Å². The van der Waals surface area contributed by atoms with Crippen LogP contribution in [0, 0.1) is 12.7 Å². The molecule has 146 valence electrons. The van der Waals surface area contributed by atoms with Gasteiger partial charge in [0.1, 0.15) is 17.3 Å². The minimum atomic E-state index is -3.93. The number of rotatable bonds is 6. The average molecular weight is 402 g/mol. The lowest BCUT2D eigenvalue weighted by molar-refractivity contribution is 0.0774. The first-order valence-corrected chi connectivity index (χ1v) is 9.92. The molecule has 0 radical (unpaired) electrons. The second kappa shape index (κ2) is 7.85. The Kier molecular flexibility index (Phi) is 5.51. The number of hydrogen-bond donors (Lipinski definition) is 1. The van der Waals surface area contributed by atoms with Gasteiger partial charge in [-0.1, -0.05) is 6.07 Å². The van der Waals surface area contributed by atoms with Gasteiger partial charge in [-0.05, 0) is 61.5 Å². The van der Waals surface area contributed by atoms with Crippen molar-refractivity contribution in [1.82, 2.24) is 4.90 Å². The molecule has 8 heteroatoms. The molecule has 0 spiro atoms.